The molecule has 0 saturated heterocycles. The normalized spacial score (nSPS) is 10.5. The van der Waals surface area contributed by atoms with E-state index in [1.54, 1.807) is 12.3 Å². The quantitative estimate of drug-likeness (QED) is 0.651. The van der Waals surface area contributed by atoms with E-state index in [4.69, 9.17) is 5.73 Å². The van der Waals surface area contributed by atoms with E-state index in [-0.39, 0.29) is 5.91 Å². The summed E-state index contributed by atoms with van der Waals surface area (Å²) < 4.78 is 0. The van der Waals surface area contributed by atoms with Crippen LogP contribution in [0, 0.1) is 13.8 Å². The highest BCUT2D eigenvalue weighted by Gasteiger charge is 2.17. The molecule has 0 bridgehead atoms. The zero-order chi connectivity index (χ0) is 17.8. The summed E-state index contributed by atoms with van der Waals surface area (Å²) >= 11 is 1.44. The Hall–Kier alpha value is -2.77. The average molecular weight is 353 g/mol. The molecule has 0 spiro atoms. The van der Waals surface area contributed by atoms with Crippen LogP contribution in [0.4, 0.5) is 16.4 Å². The van der Waals surface area contributed by atoms with Crippen LogP contribution in [-0.4, -0.2) is 15.9 Å². The zero-order valence-corrected chi connectivity index (χ0v) is 14.9. The van der Waals surface area contributed by atoms with Crippen molar-refractivity contribution in [3.63, 3.8) is 0 Å². The predicted octanol–water partition coefficient (Wildman–Crippen LogP) is 3.61. The van der Waals surface area contributed by atoms with Crippen LogP contribution >= 0.6 is 11.3 Å². The summed E-state index contributed by atoms with van der Waals surface area (Å²) in [5, 5.41) is 7.66. The van der Waals surface area contributed by atoms with Crippen molar-refractivity contribution in [2.24, 2.45) is 5.73 Å². The van der Waals surface area contributed by atoms with Gasteiger partial charge in [0.1, 0.15) is 5.00 Å². The molecule has 0 aliphatic rings. The maximum absolute atomic E-state index is 12.6. The zero-order valence-electron chi connectivity index (χ0n) is 14.0. The molecule has 2 aromatic heterocycles. The van der Waals surface area contributed by atoms with Gasteiger partial charge >= 0.3 is 0 Å². The Morgan fingerprint density at radius 1 is 1.20 bits per heavy atom. The first-order valence-corrected chi connectivity index (χ1v) is 8.64. The number of carbonyl (C=O) groups is 1. The van der Waals surface area contributed by atoms with Gasteiger partial charge in [-0.2, -0.15) is 0 Å². The third-order valence-corrected chi connectivity index (χ3v) is 4.41. The van der Waals surface area contributed by atoms with E-state index in [0.29, 0.717) is 22.9 Å². The third-order valence-electron chi connectivity index (χ3n) is 3.52. The summed E-state index contributed by atoms with van der Waals surface area (Å²) in [4.78, 5) is 21.1. The van der Waals surface area contributed by atoms with E-state index in [0.717, 1.165) is 22.0 Å². The molecule has 0 saturated carbocycles. The van der Waals surface area contributed by atoms with E-state index in [2.05, 4.69) is 20.6 Å². The molecule has 3 rings (SSSR count). The van der Waals surface area contributed by atoms with Crippen molar-refractivity contribution >= 4 is 33.6 Å². The topological polar surface area (TPSA) is 92.9 Å². The maximum Gasteiger partial charge on any atom is 0.277 e. The molecule has 128 valence electrons. The lowest BCUT2D eigenvalue weighted by Crippen LogP contribution is -2.14. The molecule has 0 atom stereocenters. The van der Waals surface area contributed by atoms with E-state index < -0.39 is 0 Å². The Morgan fingerprint density at radius 2 is 2.04 bits per heavy atom. The minimum absolute atomic E-state index is 0.257. The highest BCUT2D eigenvalue weighted by atomic mass is 32.1. The van der Waals surface area contributed by atoms with Gasteiger partial charge in [0.25, 0.3) is 5.91 Å². The Morgan fingerprint density at radius 3 is 2.80 bits per heavy atom. The first-order valence-electron chi connectivity index (χ1n) is 7.82. The van der Waals surface area contributed by atoms with Crippen LogP contribution in [0.5, 0.6) is 0 Å². The predicted molar refractivity (Wildman–Crippen MR) is 101 cm³/mol. The molecular weight excluding hydrogens is 334 g/mol. The van der Waals surface area contributed by atoms with E-state index in [1.165, 1.54) is 11.3 Å². The standard InChI is InChI=1S/C18H19N5OS/c1-11-8-15(6-7-20-11)22-17(24)16-18(25-12(2)21-16)23-14-5-3-4-13(9-14)10-19/h3-9,23H,10,19H2,1-2H3,(H,20,22,24). The van der Waals surface area contributed by atoms with Gasteiger partial charge in [0.15, 0.2) is 5.69 Å². The van der Waals surface area contributed by atoms with Gasteiger partial charge < -0.3 is 16.4 Å². The van der Waals surface area contributed by atoms with E-state index in [1.807, 2.05) is 44.2 Å². The number of anilines is 3. The third kappa shape index (κ3) is 4.20. The largest absolute Gasteiger partial charge is 0.345 e. The molecule has 7 heteroatoms. The van der Waals surface area contributed by atoms with Crippen LogP contribution in [-0.2, 0) is 6.54 Å². The first kappa shape index (κ1) is 17.1. The van der Waals surface area contributed by atoms with Gasteiger partial charge in [-0.15, -0.1) is 11.3 Å². The molecule has 0 aliphatic carbocycles. The molecule has 0 unspecified atom stereocenters. The van der Waals surface area contributed by atoms with Crippen LogP contribution in [0.25, 0.3) is 0 Å². The van der Waals surface area contributed by atoms with Crippen molar-refractivity contribution in [2.45, 2.75) is 20.4 Å². The number of benzene rings is 1. The minimum atomic E-state index is -0.257. The summed E-state index contributed by atoms with van der Waals surface area (Å²) in [7, 11) is 0. The van der Waals surface area contributed by atoms with Crippen molar-refractivity contribution < 1.29 is 4.79 Å². The number of nitrogens with zero attached hydrogens (tertiary/aromatic N) is 2. The molecular formula is C18H19N5OS. The summed E-state index contributed by atoms with van der Waals surface area (Å²) in [6, 6.07) is 11.3. The lowest BCUT2D eigenvalue weighted by Gasteiger charge is -2.08. The van der Waals surface area contributed by atoms with E-state index in [9.17, 15) is 4.79 Å². The van der Waals surface area contributed by atoms with Crippen LogP contribution in [0.1, 0.15) is 26.8 Å². The fourth-order valence-corrected chi connectivity index (χ4v) is 3.22. The van der Waals surface area contributed by atoms with Crippen LogP contribution in [0.2, 0.25) is 0 Å². The lowest BCUT2D eigenvalue weighted by molar-refractivity contribution is 0.102. The Balaban J connectivity index is 1.83. The number of pyridine rings is 1. The lowest BCUT2D eigenvalue weighted by atomic mass is 10.2. The monoisotopic (exact) mass is 353 g/mol. The van der Waals surface area contributed by atoms with E-state index >= 15 is 0 Å². The summed E-state index contributed by atoms with van der Waals surface area (Å²) in [6.07, 6.45) is 1.66. The Kier molecular flexibility index (Phi) is 5.06. The highest BCUT2D eigenvalue weighted by Crippen LogP contribution is 2.29. The van der Waals surface area contributed by atoms with Crippen LogP contribution < -0.4 is 16.4 Å². The highest BCUT2D eigenvalue weighted by molar-refractivity contribution is 7.16. The molecule has 1 aromatic carbocycles. The number of thiazole rings is 1. The van der Waals surface area contributed by atoms with Gasteiger partial charge in [-0.05, 0) is 43.7 Å². The van der Waals surface area contributed by atoms with Crippen molar-refractivity contribution in [3.05, 3.63) is 64.6 Å². The summed E-state index contributed by atoms with van der Waals surface area (Å²) in [6.45, 7) is 4.21. The smallest absolute Gasteiger partial charge is 0.277 e. The molecule has 0 fully saturated rings. The van der Waals surface area contributed by atoms with Crippen molar-refractivity contribution in [2.75, 3.05) is 10.6 Å². The minimum Gasteiger partial charge on any atom is -0.345 e. The number of aryl methyl sites for hydroxylation is 2. The van der Waals surface area contributed by atoms with Gasteiger partial charge in [-0.25, -0.2) is 4.98 Å². The summed E-state index contributed by atoms with van der Waals surface area (Å²) in [5.74, 6) is -0.257. The number of hydrogen-bond donors (Lipinski definition) is 3. The molecule has 4 N–H and O–H groups in total. The molecule has 6 nitrogen and oxygen atoms in total. The van der Waals surface area contributed by atoms with Gasteiger partial charge in [0.2, 0.25) is 0 Å². The van der Waals surface area contributed by atoms with Gasteiger partial charge in [0, 0.05) is 29.8 Å². The molecule has 25 heavy (non-hydrogen) atoms. The second kappa shape index (κ2) is 7.42. The number of hydrogen-bond acceptors (Lipinski definition) is 6. The number of aromatic nitrogens is 2. The SMILES string of the molecule is Cc1cc(NC(=O)c2nc(C)sc2Nc2cccc(CN)c2)ccn1. The second-order valence-corrected chi connectivity index (χ2v) is 6.78. The van der Waals surface area contributed by atoms with Crippen molar-refractivity contribution in [1.82, 2.24) is 9.97 Å². The number of rotatable bonds is 5. The molecule has 1 amide bonds. The fourth-order valence-electron chi connectivity index (χ4n) is 2.39. The first-order chi connectivity index (χ1) is 12.0. The Labute approximate surface area is 150 Å². The maximum atomic E-state index is 12.6. The fraction of sp³-hybridized carbons (Fsp3) is 0.167. The van der Waals surface area contributed by atoms with Crippen molar-refractivity contribution in [1.29, 1.82) is 0 Å². The Bertz CT molecular complexity index is 906. The molecule has 2 heterocycles. The number of nitrogens with two attached hydrogens (primary N) is 1. The van der Waals surface area contributed by atoms with Gasteiger partial charge in [-0.1, -0.05) is 12.1 Å². The average Bonchev–Trinajstić information content (AvgIpc) is 2.95. The number of nitrogens with one attached hydrogen (secondary N) is 2. The molecule has 0 radical (unpaired) electrons. The van der Waals surface area contributed by atoms with Crippen LogP contribution in [0.3, 0.4) is 0 Å². The molecule has 0 aliphatic heterocycles. The van der Waals surface area contributed by atoms with Crippen LogP contribution in [0.15, 0.2) is 42.6 Å². The number of amides is 1. The summed E-state index contributed by atoms with van der Waals surface area (Å²) in [5.41, 5.74) is 9.48. The van der Waals surface area contributed by atoms with Gasteiger partial charge in [0.05, 0.1) is 5.01 Å². The second-order valence-electron chi connectivity index (χ2n) is 5.58. The molecule has 3 aromatic rings. The number of carbonyl (C=O) groups excluding carboxylic acids is 1. The van der Waals surface area contributed by atoms with Crippen molar-refractivity contribution in [3.8, 4) is 0 Å². The van der Waals surface area contributed by atoms with Gasteiger partial charge in [-0.3, -0.25) is 9.78 Å².